The molecule has 3 heteroatoms. The fourth-order valence-electron chi connectivity index (χ4n) is 0.253. The van der Waals surface area contributed by atoms with E-state index >= 15 is 0 Å². The van der Waals surface area contributed by atoms with E-state index in [0.29, 0.717) is 0 Å². The number of nitrogens with zero attached hydrogens (tertiary/aromatic N) is 2. The number of aromatic nitrogens is 2. The molecule has 1 aromatic heterocycles. The average Bonchev–Trinajstić information content (AvgIpc) is 1.72. The standard InChI is InChI=1S/C3H4N2Si/c1-2-4-6-5-3-1/h1-3,6H. The van der Waals surface area contributed by atoms with E-state index in [2.05, 4.69) is 9.28 Å². The van der Waals surface area contributed by atoms with Gasteiger partial charge in [0.25, 0.3) is 9.46 Å². The largest absolute Gasteiger partial charge is 0.286 e. The molecule has 0 radical (unpaired) electrons. The molecular weight excluding hydrogens is 92.1 g/mol. The molecule has 0 atom stereocenters. The van der Waals surface area contributed by atoms with Crippen LogP contribution in [0.2, 0.25) is 0 Å². The van der Waals surface area contributed by atoms with E-state index in [-0.39, 0.29) is 9.46 Å². The number of rotatable bonds is 0. The summed E-state index contributed by atoms with van der Waals surface area (Å²) in [5.74, 6) is 0. The van der Waals surface area contributed by atoms with Gasteiger partial charge in [0.1, 0.15) is 0 Å². The maximum absolute atomic E-state index is 3.88. The van der Waals surface area contributed by atoms with Gasteiger partial charge < -0.3 is 0 Å². The smallest absolute Gasteiger partial charge is 0.250 e. The van der Waals surface area contributed by atoms with Gasteiger partial charge in [-0.2, -0.15) is 0 Å². The van der Waals surface area contributed by atoms with Crippen LogP contribution in [0.4, 0.5) is 0 Å². The molecular formula is C3H4N2Si. The van der Waals surface area contributed by atoms with Crippen molar-refractivity contribution in [1.29, 1.82) is 0 Å². The molecule has 0 fully saturated rings. The third-order valence-electron chi connectivity index (χ3n) is 0.478. The van der Waals surface area contributed by atoms with E-state index < -0.39 is 0 Å². The molecule has 0 unspecified atom stereocenters. The Morgan fingerprint density at radius 2 is 1.83 bits per heavy atom. The van der Waals surface area contributed by atoms with Crippen LogP contribution in [0.25, 0.3) is 0 Å². The van der Waals surface area contributed by atoms with E-state index in [4.69, 9.17) is 0 Å². The predicted molar refractivity (Wildman–Crippen MR) is 24.8 cm³/mol. The zero-order valence-electron chi connectivity index (χ0n) is 3.20. The highest BCUT2D eigenvalue weighted by atomic mass is 28.2. The second-order valence-electron chi connectivity index (χ2n) is 0.904. The molecule has 0 aliphatic heterocycles. The minimum absolute atomic E-state index is 0.0127. The van der Waals surface area contributed by atoms with Crippen molar-refractivity contribution in [3.63, 3.8) is 0 Å². The number of hydrogen-bond acceptors (Lipinski definition) is 2. The average molecular weight is 96.2 g/mol. The van der Waals surface area contributed by atoms with Crippen molar-refractivity contribution in [2.75, 3.05) is 0 Å². The lowest BCUT2D eigenvalue weighted by Crippen LogP contribution is -1.79. The normalized spacial score (nSPS) is 8.00. The van der Waals surface area contributed by atoms with Crippen molar-refractivity contribution >= 4 is 9.46 Å². The van der Waals surface area contributed by atoms with Crippen LogP contribution < -0.4 is 0 Å². The molecule has 30 valence electrons. The van der Waals surface area contributed by atoms with Crippen LogP contribution in [-0.2, 0) is 0 Å². The summed E-state index contributed by atoms with van der Waals surface area (Å²) in [6.07, 6.45) is 3.56. The highest BCUT2D eigenvalue weighted by molar-refractivity contribution is 6.12. The van der Waals surface area contributed by atoms with Gasteiger partial charge in [-0.1, -0.05) is 0 Å². The van der Waals surface area contributed by atoms with Gasteiger partial charge in [0.2, 0.25) is 0 Å². The molecule has 0 aliphatic carbocycles. The summed E-state index contributed by atoms with van der Waals surface area (Å²) in [5.41, 5.74) is 0. The monoisotopic (exact) mass is 96.0 g/mol. The summed E-state index contributed by atoms with van der Waals surface area (Å²) in [7, 11) is 0.0127. The lowest BCUT2D eigenvalue weighted by Gasteiger charge is -1.70. The Morgan fingerprint density at radius 1 is 1.17 bits per heavy atom. The Labute approximate surface area is 38.2 Å². The van der Waals surface area contributed by atoms with Crippen molar-refractivity contribution in [3.8, 4) is 0 Å². The summed E-state index contributed by atoms with van der Waals surface area (Å²) in [6, 6.07) is 1.83. The molecule has 2 nitrogen and oxygen atoms in total. The Hall–Kier alpha value is -0.573. The van der Waals surface area contributed by atoms with E-state index in [1.165, 1.54) is 0 Å². The second kappa shape index (κ2) is 1.77. The zero-order valence-corrected chi connectivity index (χ0v) is 4.36. The van der Waals surface area contributed by atoms with Crippen LogP contribution in [0.1, 0.15) is 0 Å². The van der Waals surface area contributed by atoms with E-state index in [0.717, 1.165) is 0 Å². The lowest BCUT2D eigenvalue weighted by molar-refractivity contribution is 1.38. The first-order valence-electron chi connectivity index (χ1n) is 1.70. The van der Waals surface area contributed by atoms with Crippen molar-refractivity contribution < 1.29 is 0 Å². The Bertz CT molecular complexity index is 80.7. The first-order valence-corrected chi connectivity index (χ1v) is 2.73. The SMILES string of the molecule is c1cn[siH]nc1. The Balaban J connectivity index is 3.00. The third kappa shape index (κ3) is 0.685. The predicted octanol–water partition coefficient (Wildman–Crippen LogP) is -0.453. The van der Waals surface area contributed by atoms with E-state index in [9.17, 15) is 0 Å². The third-order valence-corrected chi connectivity index (χ3v) is 1.09. The van der Waals surface area contributed by atoms with E-state index in [1.54, 1.807) is 12.4 Å². The summed E-state index contributed by atoms with van der Waals surface area (Å²) in [5, 5.41) is 0. The quantitative estimate of drug-likeness (QED) is 0.409. The van der Waals surface area contributed by atoms with Crippen LogP contribution in [-0.4, -0.2) is 18.7 Å². The molecule has 1 heterocycles. The Kier molecular flexibility index (Phi) is 1.06. The molecule has 1 aromatic rings. The molecule has 0 saturated heterocycles. The summed E-state index contributed by atoms with van der Waals surface area (Å²) in [4.78, 5) is 0. The molecule has 0 amide bonds. The van der Waals surface area contributed by atoms with Gasteiger partial charge in [-0.25, -0.2) is 0 Å². The summed E-state index contributed by atoms with van der Waals surface area (Å²) < 4.78 is 7.76. The van der Waals surface area contributed by atoms with Gasteiger partial charge in [-0.15, -0.1) is 0 Å². The molecule has 6 heavy (non-hydrogen) atoms. The molecule has 0 aliphatic rings. The highest BCUT2D eigenvalue weighted by Crippen LogP contribution is 1.61. The second-order valence-corrected chi connectivity index (χ2v) is 1.73. The van der Waals surface area contributed by atoms with Gasteiger partial charge in [0, 0.05) is 12.4 Å². The first kappa shape index (κ1) is 3.61. The molecule has 1 rings (SSSR count). The maximum atomic E-state index is 3.88. The van der Waals surface area contributed by atoms with Gasteiger partial charge >= 0.3 is 0 Å². The van der Waals surface area contributed by atoms with Crippen molar-refractivity contribution in [2.45, 2.75) is 0 Å². The number of hydrogen-bond donors (Lipinski definition) is 0. The van der Waals surface area contributed by atoms with Crippen LogP contribution in [0.5, 0.6) is 0 Å². The summed E-state index contributed by atoms with van der Waals surface area (Å²) >= 11 is 0. The molecule has 0 N–H and O–H groups in total. The molecule has 0 saturated carbocycles. The van der Waals surface area contributed by atoms with Crippen LogP contribution in [0.3, 0.4) is 0 Å². The fraction of sp³-hybridized carbons (Fsp3) is 0. The topological polar surface area (TPSA) is 25.8 Å². The minimum Gasteiger partial charge on any atom is -0.286 e. The van der Waals surface area contributed by atoms with Gasteiger partial charge in [0.05, 0.1) is 0 Å². The maximum Gasteiger partial charge on any atom is 0.250 e. The Morgan fingerprint density at radius 3 is 2.00 bits per heavy atom. The van der Waals surface area contributed by atoms with Crippen molar-refractivity contribution in [1.82, 2.24) is 9.28 Å². The summed E-state index contributed by atoms with van der Waals surface area (Å²) in [6.45, 7) is 0. The van der Waals surface area contributed by atoms with Gasteiger partial charge in [0.15, 0.2) is 0 Å². The fourth-order valence-corrected chi connectivity index (χ4v) is 0.683. The highest BCUT2D eigenvalue weighted by Gasteiger charge is 1.60. The van der Waals surface area contributed by atoms with Crippen LogP contribution >= 0.6 is 0 Å². The van der Waals surface area contributed by atoms with Gasteiger partial charge in [-0.05, 0) is 6.07 Å². The molecule has 0 spiro atoms. The first-order chi connectivity index (χ1) is 3.00. The van der Waals surface area contributed by atoms with Crippen molar-refractivity contribution in [3.05, 3.63) is 18.5 Å². The zero-order chi connectivity index (χ0) is 4.24. The van der Waals surface area contributed by atoms with Crippen LogP contribution in [0.15, 0.2) is 18.5 Å². The lowest BCUT2D eigenvalue weighted by atomic mass is 10.7. The van der Waals surface area contributed by atoms with Gasteiger partial charge in [-0.3, -0.25) is 9.28 Å². The minimum atomic E-state index is 0.0127. The molecule has 0 bridgehead atoms. The van der Waals surface area contributed by atoms with E-state index in [1.807, 2.05) is 6.07 Å². The van der Waals surface area contributed by atoms with Crippen LogP contribution in [0, 0.1) is 0 Å². The molecule has 0 aromatic carbocycles. The van der Waals surface area contributed by atoms with Crippen molar-refractivity contribution in [2.24, 2.45) is 0 Å².